The van der Waals surface area contributed by atoms with Crippen LogP contribution in [0.1, 0.15) is 53.1 Å². The SMILES string of the molecule is CC(O)c1ccc(-c2ccc(N(c3ccc(C(=O)OCc4ccccc4)cc3)c3ccc(-c4ccc(C(C)O)cc4)cc3)cc2)cc1. The van der Waals surface area contributed by atoms with Gasteiger partial charge in [0.15, 0.2) is 0 Å². The Hall–Kier alpha value is -5.49. The fourth-order valence-electron chi connectivity index (χ4n) is 5.51. The third-order valence-electron chi connectivity index (χ3n) is 8.28. The van der Waals surface area contributed by atoms with E-state index in [4.69, 9.17) is 4.74 Å². The van der Waals surface area contributed by atoms with E-state index in [1.54, 1.807) is 26.0 Å². The number of rotatable bonds is 10. The summed E-state index contributed by atoms with van der Waals surface area (Å²) in [5.74, 6) is -0.371. The normalized spacial score (nSPS) is 12.3. The van der Waals surface area contributed by atoms with Gasteiger partial charge in [-0.25, -0.2) is 4.79 Å². The summed E-state index contributed by atoms with van der Waals surface area (Å²) in [5, 5.41) is 19.8. The van der Waals surface area contributed by atoms with E-state index < -0.39 is 12.2 Å². The van der Waals surface area contributed by atoms with Crippen LogP contribution in [0, 0.1) is 0 Å². The topological polar surface area (TPSA) is 70.0 Å². The molecule has 0 radical (unpaired) electrons. The molecule has 0 aliphatic carbocycles. The Morgan fingerprint density at radius 2 is 0.894 bits per heavy atom. The van der Waals surface area contributed by atoms with Gasteiger partial charge >= 0.3 is 5.97 Å². The van der Waals surface area contributed by atoms with Gasteiger partial charge < -0.3 is 19.8 Å². The molecule has 234 valence electrons. The number of aliphatic hydroxyl groups is 2. The first-order valence-electron chi connectivity index (χ1n) is 15.7. The Labute approximate surface area is 276 Å². The molecule has 2 atom stereocenters. The average molecular weight is 620 g/mol. The van der Waals surface area contributed by atoms with E-state index >= 15 is 0 Å². The molecule has 47 heavy (non-hydrogen) atoms. The van der Waals surface area contributed by atoms with Crippen LogP contribution in [0.3, 0.4) is 0 Å². The maximum Gasteiger partial charge on any atom is 0.338 e. The molecule has 5 heteroatoms. The van der Waals surface area contributed by atoms with Crippen LogP contribution in [0.15, 0.2) is 152 Å². The first-order chi connectivity index (χ1) is 22.9. The van der Waals surface area contributed by atoms with Crippen LogP contribution in [-0.2, 0) is 11.3 Å². The molecule has 0 aliphatic rings. The van der Waals surface area contributed by atoms with E-state index in [-0.39, 0.29) is 12.6 Å². The van der Waals surface area contributed by atoms with Crippen molar-refractivity contribution in [1.29, 1.82) is 0 Å². The monoisotopic (exact) mass is 619 g/mol. The van der Waals surface area contributed by atoms with Crippen molar-refractivity contribution < 1.29 is 19.7 Å². The lowest BCUT2D eigenvalue weighted by molar-refractivity contribution is 0.0472. The first-order valence-corrected chi connectivity index (χ1v) is 15.7. The van der Waals surface area contributed by atoms with Crippen LogP contribution in [0.5, 0.6) is 0 Å². The molecule has 0 fully saturated rings. The fourth-order valence-corrected chi connectivity index (χ4v) is 5.51. The maximum atomic E-state index is 12.8. The van der Waals surface area contributed by atoms with E-state index in [9.17, 15) is 15.0 Å². The van der Waals surface area contributed by atoms with Gasteiger partial charge in [-0.05, 0) is 101 Å². The van der Waals surface area contributed by atoms with Crippen molar-refractivity contribution in [3.63, 3.8) is 0 Å². The molecule has 0 spiro atoms. The second-order valence-corrected chi connectivity index (χ2v) is 11.6. The van der Waals surface area contributed by atoms with Gasteiger partial charge in [-0.1, -0.05) is 103 Å². The van der Waals surface area contributed by atoms with E-state index in [1.807, 2.05) is 91.0 Å². The van der Waals surface area contributed by atoms with Crippen molar-refractivity contribution >= 4 is 23.0 Å². The minimum atomic E-state index is -0.507. The van der Waals surface area contributed by atoms with Gasteiger partial charge in [0.05, 0.1) is 17.8 Å². The molecular weight excluding hydrogens is 582 g/mol. The first kappa shape index (κ1) is 31.5. The van der Waals surface area contributed by atoms with Crippen molar-refractivity contribution in [3.8, 4) is 22.3 Å². The Kier molecular flexibility index (Phi) is 9.58. The predicted molar refractivity (Wildman–Crippen MR) is 189 cm³/mol. The molecule has 2 N–H and O–H groups in total. The number of aliphatic hydroxyl groups excluding tert-OH is 2. The summed E-state index contributed by atoms with van der Waals surface area (Å²) in [6.45, 7) is 3.74. The zero-order valence-electron chi connectivity index (χ0n) is 26.5. The molecule has 0 saturated carbocycles. The van der Waals surface area contributed by atoms with Gasteiger partial charge in [0.25, 0.3) is 0 Å². The molecule has 0 aromatic heterocycles. The summed E-state index contributed by atoms with van der Waals surface area (Å²) in [6.07, 6.45) is -1.01. The van der Waals surface area contributed by atoms with E-state index in [2.05, 4.69) is 53.4 Å². The zero-order chi connectivity index (χ0) is 32.8. The number of carbonyl (C=O) groups excluding carboxylic acids is 1. The Morgan fingerprint density at radius 1 is 0.532 bits per heavy atom. The molecule has 2 unspecified atom stereocenters. The largest absolute Gasteiger partial charge is 0.457 e. The van der Waals surface area contributed by atoms with Crippen LogP contribution in [-0.4, -0.2) is 16.2 Å². The number of ether oxygens (including phenoxy) is 1. The summed E-state index contributed by atoms with van der Waals surface area (Å²) < 4.78 is 5.55. The molecule has 0 heterocycles. The van der Waals surface area contributed by atoms with Gasteiger partial charge in [-0.3, -0.25) is 0 Å². The Bertz CT molecular complexity index is 1800. The van der Waals surface area contributed by atoms with E-state index in [1.165, 1.54) is 0 Å². The highest BCUT2D eigenvalue weighted by Gasteiger charge is 2.15. The Balaban J connectivity index is 1.29. The second-order valence-electron chi connectivity index (χ2n) is 11.6. The number of esters is 1. The van der Waals surface area contributed by atoms with Gasteiger partial charge in [-0.15, -0.1) is 0 Å². The van der Waals surface area contributed by atoms with Gasteiger partial charge in [-0.2, -0.15) is 0 Å². The van der Waals surface area contributed by atoms with Crippen LogP contribution in [0.2, 0.25) is 0 Å². The highest BCUT2D eigenvalue weighted by Crippen LogP contribution is 2.37. The van der Waals surface area contributed by atoms with Gasteiger partial charge in [0.1, 0.15) is 6.61 Å². The molecule has 0 amide bonds. The van der Waals surface area contributed by atoms with Crippen LogP contribution < -0.4 is 4.90 Å². The second kappa shape index (κ2) is 14.3. The van der Waals surface area contributed by atoms with Crippen molar-refractivity contribution in [3.05, 3.63) is 174 Å². The zero-order valence-corrected chi connectivity index (χ0v) is 26.5. The minimum Gasteiger partial charge on any atom is -0.457 e. The lowest BCUT2D eigenvalue weighted by Gasteiger charge is -2.26. The minimum absolute atomic E-state index is 0.218. The third-order valence-corrected chi connectivity index (χ3v) is 8.28. The van der Waals surface area contributed by atoms with Crippen molar-refractivity contribution in [2.75, 3.05) is 4.90 Å². The van der Waals surface area contributed by atoms with E-state index in [0.717, 1.165) is 56.0 Å². The summed E-state index contributed by atoms with van der Waals surface area (Å²) in [6, 6.07) is 49.7. The highest BCUT2D eigenvalue weighted by molar-refractivity contribution is 5.90. The standard InChI is InChI=1S/C42H37NO4/c1-29(44)32-8-12-34(13-9-32)36-16-22-39(23-17-36)43(40-24-18-37(19-25-40)35-14-10-33(11-15-35)30(2)45)41-26-20-38(21-27-41)42(46)47-28-31-6-4-3-5-7-31/h3-27,29-30,44-45H,28H2,1-2H3. The smallest absolute Gasteiger partial charge is 0.338 e. The predicted octanol–water partition coefficient (Wildman–Crippen LogP) is 9.95. The number of hydrogen-bond acceptors (Lipinski definition) is 5. The van der Waals surface area contributed by atoms with E-state index in [0.29, 0.717) is 5.56 Å². The highest BCUT2D eigenvalue weighted by atomic mass is 16.5. The van der Waals surface area contributed by atoms with Gasteiger partial charge in [0.2, 0.25) is 0 Å². The number of carbonyl (C=O) groups is 1. The summed E-state index contributed by atoms with van der Waals surface area (Å²) in [7, 11) is 0. The van der Waals surface area contributed by atoms with Crippen LogP contribution in [0.4, 0.5) is 17.1 Å². The van der Waals surface area contributed by atoms with Crippen LogP contribution >= 0.6 is 0 Å². The van der Waals surface area contributed by atoms with Crippen LogP contribution in [0.25, 0.3) is 22.3 Å². The summed E-state index contributed by atoms with van der Waals surface area (Å²) >= 11 is 0. The quantitative estimate of drug-likeness (QED) is 0.149. The lowest BCUT2D eigenvalue weighted by Crippen LogP contribution is -2.11. The molecule has 6 rings (SSSR count). The molecule has 0 saturated heterocycles. The van der Waals surface area contributed by atoms with Crippen molar-refractivity contribution in [1.82, 2.24) is 0 Å². The molecule has 0 aliphatic heterocycles. The third kappa shape index (κ3) is 7.50. The van der Waals surface area contributed by atoms with Crippen molar-refractivity contribution in [2.24, 2.45) is 0 Å². The molecule has 6 aromatic carbocycles. The number of nitrogens with zero attached hydrogens (tertiary/aromatic N) is 1. The van der Waals surface area contributed by atoms with Gasteiger partial charge in [0, 0.05) is 17.1 Å². The van der Waals surface area contributed by atoms with Crippen molar-refractivity contribution in [2.45, 2.75) is 32.7 Å². The average Bonchev–Trinajstić information content (AvgIpc) is 3.12. The molecule has 0 bridgehead atoms. The molecule has 6 aromatic rings. The Morgan fingerprint density at radius 3 is 1.28 bits per heavy atom. The lowest BCUT2D eigenvalue weighted by atomic mass is 10.0. The fraction of sp³-hybridized carbons (Fsp3) is 0.119. The summed E-state index contributed by atoms with van der Waals surface area (Å²) in [4.78, 5) is 15.0. The summed E-state index contributed by atoms with van der Waals surface area (Å²) in [5.41, 5.74) is 10.3. The number of benzene rings is 6. The number of hydrogen-bond donors (Lipinski definition) is 2. The molecular formula is C42H37NO4. The number of anilines is 3. The molecule has 5 nitrogen and oxygen atoms in total. The maximum absolute atomic E-state index is 12.8.